The molecule has 0 aromatic heterocycles. The Kier molecular flexibility index (Phi) is 8.03. The van der Waals surface area contributed by atoms with Crippen molar-refractivity contribution in [2.24, 2.45) is 11.3 Å². The van der Waals surface area contributed by atoms with Gasteiger partial charge in [-0.25, -0.2) is 9.59 Å². The summed E-state index contributed by atoms with van der Waals surface area (Å²) in [5, 5.41) is 2.48. The molecule has 27 heavy (non-hydrogen) atoms. The van der Waals surface area contributed by atoms with Crippen molar-refractivity contribution in [3.63, 3.8) is 0 Å². The van der Waals surface area contributed by atoms with Crippen molar-refractivity contribution >= 4 is 28.1 Å². The molecule has 1 unspecified atom stereocenters. The summed E-state index contributed by atoms with van der Waals surface area (Å²) in [4.78, 5) is 34.8. The number of esters is 1. The minimum Gasteiger partial charge on any atom is -0.422 e. The molecule has 0 aromatic rings. The molecule has 1 aliphatic heterocycles. The van der Waals surface area contributed by atoms with E-state index in [2.05, 4.69) is 5.32 Å². The maximum absolute atomic E-state index is 12.3. The van der Waals surface area contributed by atoms with E-state index in [4.69, 9.17) is 18.4 Å². The number of rotatable bonds is 9. The number of carbonyl (C=O) groups excluding carboxylic acids is 3. The van der Waals surface area contributed by atoms with Gasteiger partial charge in [0.15, 0.2) is 0 Å². The van der Waals surface area contributed by atoms with Crippen LogP contribution in [0.25, 0.3) is 0 Å². The monoisotopic (exact) mass is 409 g/mol. The lowest BCUT2D eigenvalue weighted by molar-refractivity contribution is -0.176. The van der Waals surface area contributed by atoms with Crippen molar-refractivity contribution in [1.82, 2.24) is 5.32 Å². The molecule has 0 radical (unpaired) electrons. The molecule has 1 heterocycles. The minimum atomic E-state index is -3.89. The molecule has 1 rings (SSSR count). The first-order chi connectivity index (χ1) is 12.3. The number of ether oxygens (including phenoxy) is 3. The van der Waals surface area contributed by atoms with Gasteiger partial charge in [-0.1, -0.05) is 27.7 Å². The maximum Gasteiger partial charge on any atom is 0.512 e. The molecule has 1 fully saturated rings. The van der Waals surface area contributed by atoms with Gasteiger partial charge < -0.3 is 19.5 Å². The van der Waals surface area contributed by atoms with Crippen LogP contribution in [0.3, 0.4) is 0 Å². The average molecular weight is 409 g/mol. The van der Waals surface area contributed by atoms with Gasteiger partial charge >= 0.3 is 12.1 Å². The van der Waals surface area contributed by atoms with Crippen LogP contribution in [-0.2, 0) is 38.1 Å². The molecule has 10 nitrogen and oxygen atoms in total. The fraction of sp³-hybridized carbons (Fsp3) is 0.812. The van der Waals surface area contributed by atoms with Crippen molar-refractivity contribution in [2.45, 2.75) is 53.4 Å². The quantitative estimate of drug-likeness (QED) is 0.335. The summed E-state index contributed by atoms with van der Waals surface area (Å²) in [6.45, 7) is 7.54. The zero-order valence-electron chi connectivity index (χ0n) is 16.1. The van der Waals surface area contributed by atoms with E-state index in [1.807, 2.05) is 0 Å². The van der Waals surface area contributed by atoms with Crippen LogP contribution in [0.15, 0.2) is 0 Å². The Balaban J connectivity index is 2.68. The van der Waals surface area contributed by atoms with E-state index in [-0.39, 0.29) is 30.5 Å². The molecule has 1 saturated heterocycles. The summed E-state index contributed by atoms with van der Waals surface area (Å²) in [5.41, 5.74) is -1.19. The molecule has 0 saturated carbocycles. The van der Waals surface area contributed by atoms with Crippen LogP contribution >= 0.6 is 0 Å². The SMILES string of the molecule is CC(=O)NCCCS(=O)(=O)OCC(C)(C)[C@H]1OC(=O)OC(C(C)C)OC1=O. The second kappa shape index (κ2) is 9.36. The van der Waals surface area contributed by atoms with Gasteiger partial charge in [-0.15, -0.1) is 0 Å². The average Bonchev–Trinajstić information content (AvgIpc) is 2.69. The topological polar surface area (TPSA) is 134 Å². The second-order valence-electron chi connectivity index (χ2n) is 7.26. The van der Waals surface area contributed by atoms with E-state index in [9.17, 15) is 22.8 Å². The lowest BCUT2D eigenvalue weighted by Crippen LogP contribution is -2.43. The summed E-state index contributed by atoms with van der Waals surface area (Å²) in [6, 6.07) is 0. The Morgan fingerprint density at radius 3 is 2.41 bits per heavy atom. The Bertz CT molecular complexity index is 657. The molecule has 11 heteroatoms. The van der Waals surface area contributed by atoms with E-state index >= 15 is 0 Å². The fourth-order valence-electron chi connectivity index (χ4n) is 2.11. The summed E-state index contributed by atoms with van der Waals surface area (Å²) in [7, 11) is -3.89. The Labute approximate surface area is 159 Å². The molecule has 0 aromatic carbocycles. The smallest absolute Gasteiger partial charge is 0.422 e. The van der Waals surface area contributed by atoms with Crippen molar-refractivity contribution in [1.29, 1.82) is 0 Å². The van der Waals surface area contributed by atoms with Crippen molar-refractivity contribution in [2.75, 3.05) is 18.9 Å². The van der Waals surface area contributed by atoms with Crippen LogP contribution in [0.1, 0.15) is 41.0 Å². The standard InChI is InChI=1S/C16H27NO9S/c1-10(2)14-25-13(19)12(24-15(20)26-14)16(4,5)9-23-27(21,22)8-6-7-17-11(3)18/h10,12,14H,6-9H2,1-5H3,(H,17,18)/t12-,14?/m0/s1. The van der Waals surface area contributed by atoms with Gasteiger partial charge in [0.25, 0.3) is 16.4 Å². The number of carbonyl (C=O) groups is 3. The zero-order valence-corrected chi connectivity index (χ0v) is 17.0. The first kappa shape index (κ1) is 23.2. The zero-order chi connectivity index (χ0) is 20.8. The highest BCUT2D eigenvalue weighted by Crippen LogP contribution is 2.29. The minimum absolute atomic E-state index is 0.173. The summed E-state index contributed by atoms with van der Waals surface area (Å²) >= 11 is 0. The lowest BCUT2D eigenvalue weighted by Gasteiger charge is -2.29. The maximum atomic E-state index is 12.3. The molecular formula is C16H27NO9S. The van der Waals surface area contributed by atoms with E-state index in [0.717, 1.165) is 0 Å². The number of amides is 1. The van der Waals surface area contributed by atoms with Crippen LogP contribution in [0.5, 0.6) is 0 Å². The van der Waals surface area contributed by atoms with Crippen molar-refractivity contribution in [3.8, 4) is 0 Å². The highest BCUT2D eigenvalue weighted by atomic mass is 32.2. The second-order valence-corrected chi connectivity index (χ2v) is 9.02. The highest BCUT2D eigenvalue weighted by molar-refractivity contribution is 7.86. The van der Waals surface area contributed by atoms with E-state index < -0.39 is 46.7 Å². The summed E-state index contributed by atoms with van der Waals surface area (Å²) in [6.07, 6.45) is -3.37. The number of hydrogen-bond donors (Lipinski definition) is 1. The van der Waals surface area contributed by atoms with Crippen LogP contribution in [-0.4, -0.2) is 57.7 Å². The van der Waals surface area contributed by atoms with Gasteiger partial charge in [0.2, 0.25) is 12.0 Å². The molecule has 0 bridgehead atoms. The molecule has 1 aliphatic rings. The van der Waals surface area contributed by atoms with Crippen LogP contribution in [0.4, 0.5) is 4.79 Å². The van der Waals surface area contributed by atoms with E-state index in [0.29, 0.717) is 0 Å². The predicted octanol–water partition coefficient (Wildman–Crippen LogP) is 0.946. The third kappa shape index (κ3) is 7.71. The highest BCUT2D eigenvalue weighted by Gasteiger charge is 2.45. The van der Waals surface area contributed by atoms with Gasteiger partial charge in [0.05, 0.1) is 12.4 Å². The third-order valence-electron chi connectivity index (χ3n) is 3.68. The van der Waals surface area contributed by atoms with Crippen molar-refractivity contribution in [3.05, 3.63) is 0 Å². The fourth-order valence-corrected chi connectivity index (χ4v) is 3.21. The Hall–Kier alpha value is -1.88. The molecule has 156 valence electrons. The molecule has 1 amide bonds. The van der Waals surface area contributed by atoms with Gasteiger partial charge in [0.1, 0.15) is 0 Å². The Morgan fingerprint density at radius 1 is 1.22 bits per heavy atom. The number of hydrogen-bond acceptors (Lipinski definition) is 9. The summed E-state index contributed by atoms with van der Waals surface area (Å²) in [5.74, 6) is -1.68. The molecule has 2 atom stereocenters. The molecule has 0 aliphatic carbocycles. The van der Waals surface area contributed by atoms with Gasteiger partial charge in [-0.05, 0) is 6.42 Å². The van der Waals surface area contributed by atoms with E-state index in [1.165, 1.54) is 20.8 Å². The third-order valence-corrected chi connectivity index (χ3v) is 4.95. The van der Waals surface area contributed by atoms with Gasteiger partial charge in [0, 0.05) is 24.8 Å². The first-order valence-electron chi connectivity index (χ1n) is 8.53. The first-order valence-corrected chi connectivity index (χ1v) is 10.1. The number of cyclic esters (lactones) is 3. The van der Waals surface area contributed by atoms with Crippen LogP contribution < -0.4 is 5.32 Å². The summed E-state index contributed by atoms with van der Waals surface area (Å²) < 4.78 is 44.0. The largest absolute Gasteiger partial charge is 0.512 e. The molecular weight excluding hydrogens is 382 g/mol. The molecule has 1 N–H and O–H groups in total. The van der Waals surface area contributed by atoms with Gasteiger partial charge in [-0.2, -0.15) is 8.42 Å². The lowest BCUT2D eigenvalue weighted by atomic mass is 9.87. The predicted molar refractivity (Wildman–Crippen MR) is 92.9 cm³/mol. The van der Waals surface area contributed by atoms with Crippen molar-refractivity contribution < 1.29 is 41.2 Å². The van der Waals surface area contributed by atoms with Gasteiger partial charge in [-0.3, -0.25) is 8.98 Å². The van der Waals surface area contributed by atoms with E-state index in [1.54, 1.807) is 13.8 Å². The van der Waals surface area contributed by atoms with Crippen LogP contribution in [0, 0.1) is 11.3 Å². The Morgan fingerprint density at radius 2 is 1.85 bits per heavy atom. The molecule has 0 spiro atoms. The number of nitrogens with one attached hydrogen (secondary N) is 1. The van der Waals surface area contributed by atoms with Crippen LogP contribution in [0.2, 0.25) is 0 Å². The normalized spacial score (nSPS) is 21.1.